The molecule has 1 heterocycles. The third kappa shape index (κ3) is 5.94. The lowest BCUT2D eigenvalue weighted by atomic mass is 10.1. The van der Waals surface area contributed by atoms with Crippen LogP contribution in [0.1, 0.15) is 43.1 Å². The standard InChI is InChI=1S/C26H21Br2FN4O4/c1-3-15(2)25-31-22-8-7-18(27)12-20(22)26(34)32(25)30-13-17-10-21(28)24(23(11-17)33(35)36)37-14-16-5-4-6-19(29)9-16/h4-13,15H,3,14H2,1-2H3/t15-/m1/s1. The van der Waals surface area contributed by atoms with Crippen molar-refractivity contribution >= 4 is 54.7 Å². The highest BCUT2D eigenvalue weighted by molar-refractivity contribution is 9.10. The topological polar surface area (TPSA) is 99.6 Å². The zero-order valence-corrected chi connectivity index (χ0v) is 23.0. The number of fused-ring (bicyclic) bond motifs is 1. The van der Waals surface area contributed by atoms with Gasteiger partial charge in [-0.25, -0.2) is 9.37 Å². The van der Waals surface area contributed by atoms with Crippen LogP contribution in [0.15, 0.2) is 73.4 Å². The quantitative estimate of drug-likeness (QED) is 0.119. The smallest absolute Gasteiger partial charge is 0.312 e. The molecule has 11 heteroatoms. The van der Waals surface area contributed by atoms with Gasteiger partial charge in [-0.05, 0) is 64.3 Å². The fraction of sp³-hybridized carbons (Fsp3) is 0.192. The van der Waals surface area contributed by atoms with Gasteiger partial charge in [-0.1, -0.05) is 41.9 Å². The van der Waals surface area contributed by atoms with Crippen LogP contribution in [0.2, 0.25) is 0 Å². The molecular formula is C26H21Br2FN4O4. The van der Waals surface area contributed by atoms with E-state index in [9.17, 15) is 19.3 Å². The zero-order valence-electron chi connectivity index (χ0n) is 19.8. The highest BCUT2D eigenvalue weighted by Crippen LogP contribution is 2.36. The van der Waals surface area contributed by atoms with E-state index in [1.165, 1.54) is 35.2 Å². The maximum Gasteiger partial charge on any atom is 0.312 e. The Kier molecular flexibility index (Phi) is 8.13. The van der Waals surface area contributed by atoms with E-state index in [4.69, 9.17) is 4.74 Å². The van der Waals surface area contributed by atoms with Gasteiger partial charge in [0.25, 0.3) is 5.56 Å². The van der Waals surface area contributed by atoms with Crippen molar-refractivity contribution in [3.05, 3.63) is 107 Å². The molecule has 0 amide bonds. The van der Waals surface area contributed by atoms with Gasteiger partial charge in [-0.3, -0.25) is 14.9 Å². The molecule has 0 bridgehead atoms. The molecule has 4 aromatic rings. The van der Waals surface area contributed by atoms with Crippen LogP contribution in [0.3, 0.4) is 0 Å². The van der Waals surface area contributed by atoms with Crippen LogP contribution in [-0.4, -0.2) is 20.8 Å². The van der Waals surface area contributed by atoms with E-state index in [-0.39, 0.29) is 29.5 Å². The molecule has 0 fully saturated rings. The Morgan fingerprint density at radius 1 is 1.22 bits per heavy atom. The second-order valence-corrected chi connectivity index (χ2v) is 10.1. The molecule has 0 spiro atoms. The van der Waals surface area contributed by atoms with E-state index in [1.807, 2.05) is 19.9 Å². The maximum atomic E-state index is 13.5. The maximum absolute atomic E-state index is 13.5. The molecule has 0 radical (unpaired) electrons. The summed E-state index contributed by atoms with van der Waals surface area (Å²) in [6, 6.07) is 14.0. The molecule has 0 saturated heterocycles. The first-order chi connectivity index (χ1) is 17.7. The van der Waals surface area contributed by atoms with Crippen LogP contribution < -0.4 is 10.3 Å². The Balaban J connectivity index is 1.74. The van der Waals surface area contributed by atoms with Gasteiger partial charge in [0.1, 0.15) is 18.2 Å². The predicted molar refractivity (Wildman–Crippen MR) is 147 cm³/mol. The lowest BCUT2D eigenvalue weighted by Crippen LogP contribution is -2.23. The number of nitro benzene ring substituents is 1. The molecule has 1 atom stereocenters. The summed E-state index contributed by atoms with van der Waals surface area (Å²) >= 11 is 6.71. The average Bonchev–Trinajstić information content (AvgIpc) is 2.87. The lowest BCUT2D eigenvalue weighted by molar-refractivity contribution is -0.386. The number of nitro groups is 1. The molecule has 0 aliphatic rings. The van der Waals surface area contributed by atoms with Gasteiger partial charge in [-0.2, -0.15) is 9.78 Å². The summed E-state index contributed by atoms with van der Waals surface area (Å²) in [6.07, 6.45) is 2.10. The van der Waals surface area contributed by atoms with Gasteiger partial charge in [0.05, 0.1) is 26.5 Å². The minimum Gasteiger partial charge on any atom is -0.481 e. The van der Waals surface area contributed by atoms with Crippen molar-refractivity contribution in [2.75, 3.05) is 0 Å². The van der Waals surface area contributed by atoms with Gasteiger partial charge < -0.3 is 4.74 Å². The Morgan fingerprint density at radius 3 is 2.70 bits per heavy atom. The van der Waals surface area contributed by atoms with Crippen LogP contribution in [-0.2, 0) is 6.61 Å². The Hall–Kier alpha value is -3.44. The minimum absolute atomic E-state index is 0.00101. The zero-order chi connectivity index (χ0) is 26.7. The van der Waals surface area contributed by atoms with Crippen molar-refractivity contribution < 1.29 is 14.1 Å². The van der Waals surface area contributed by atoms with Crippen molar-refractivity contribution in [2.45, 2.75) is 32.8 Å². The molecule has 3 aromatic carbocycles. The van der Waals surface area contributed by atoms with E-state index in [1.54, 1.807) is 24.3 Å². The number of ether oxygens (including phenoxy) is 1. The molecule has 4 rings (SSSR count). The van der Waals surface area contributed by atoms with Gasteiger partial charge in [0.2, 0.25) is 5.75 Å². The van der Waals surface area contributed by atoms with E-state index in [0.29, 0.717) is 32.3 Å². The second kappa shape index (κ2) is 11.3. The molecule has 8 nitrogen and oxygen atoms in total. The number of halogens is 3. The molecule has 0 N–H and O–H groups in total. The average molecular weight is 632 g/mol. The Labute approximate surface area is 228 Å². The predicted octanol–water partition coefficient (Wildman–Crippen LogP) is 6.94. The monoisotopic (exact) mass is 630 g/mol. The molecule has 0 aliphatic heterocycles. The van der Waals surface area contributed by atoms with Crippen LogP contribution >= 0.6 is 31.9 Å². The summed E-state index contributed by atoms with van der Waals surface area (Å²) in [7, 11) is 0. The fourth-order valence-corrected chi connectivity index (χ4v) is 4.58. The van der Waals surface area contributed by atoms with Crippen LogP contribution in [0, 0.1) is 15.9 Å². The van der Waals surface area contributed by atoms with E-state index >= 15 is 0 Å². The third-order valence-electron chi connectivity index (χ3n) is 5.72. The fourth-order valence-electron chi connectivity index (χ4n) is 3.64. The molecule has 0 saturated carbocycles. The molecule has 0 aliphatic carbocycles. The molecule has 1 aromatic heterocycles. The summed E-state index contributed by atoms with van der Waals surface area (Å²) in [6.45, 7) is 3.88. The van der Waals surface area contributed by atoms with Crippen molar-refractivity contribution in [1.29, 1.82) is 0 Å². The first-order valence-corrected chi connectivity index (χ1v) is 12.9. The lowest BCUT2D eigenvalue weighted by Gasteiger charge is -2.14. The minimum atomic E-state index is -0.575. The van der Waals surface area contributed by atoms with Crippen LogP contribution in [0.4, 0.5) is 10.1 Å². The molecule has 0 unspecified atom stereocenters. The summed E-state index contributed by atoms with van der Waals surface area (Å²) in [5.41, 5.74) is 0.809. The number of benzene rings is 3. The van der Waals surface area contributed by atoms with Crippen molar-refractivity contribution in [3.8, 4) is 5.75 Å². The van der Waals surface area contributed by atoms with Crippen LogP contribution in [0.5, 0.6) is 5.75 Å². The first kappa shape index (κ1) is 26.6. The summed E-state index contributed by atoms with van der Waals surface area (Å²) < 4.78 is 21.4. The molecular weight excluding hydrogens is 611 g/mol. The van der Waals surface area contributed by atoms with Gasteiger partial charge >= 0.3 is 5.69 Å². The van der Waals surface area contributed by atoms with Gasteiger partial charge in [0, 0.05) is 22.0 Å². The van der Waals surface area contributed by atoms with Crippen molar-refractivity contribution in [3.63, 3.8) is 0 Å². The Bertz CT molecular complexity index is 1590. The summed E-state index contributed by atoms with van der Waals surface area (Å²) in [5.74, 6) is 0.00427. The highest BCUT2D eigenvalue weighted by Gasteiger charge is 2.21. The van der Waals surface area contributed by atoms with Gasteiger partial charge in [-0.15, -0.1) is 0 Å². The highest BCUT2D eigenvalue weighted by atomic mass is 79.9. The van der Waals surface area contributed by atoms with Crippen molar-refractivity contribution in [2.24, 2.45) is 5.10 Å². The van der Waals surface area contributed by atoms with E-state index in [0.717, 1.165) is 10.9 Å². The normalized spacial score (nSPS) is 12.2. The number of hydrogen-bond donors (Lipinski definition) is 0. The second-order valence-electron chi connectivity index (χ2n) is 8.33. The number of hydrogen-bond acceptors (Lipinski definition) is 6. The number of aromatic nitrogens is 2. The van der Waals surface area contributed by atoms with Gasteiger partial charge in [0.15, 0.2) is 0 Å². The molecule has 37 heavy (non-hydrogen) atoms. The molecule has 190 valence electrons. The summed E-state index contributed by atoms with van der Waals surface area (Å²) in [4.78, 5) is 29.2. The SMILES string of the molecule is CC[C@@H](C)c1nc2ccc(Br)cc2c(=O)n1N=Cc1cc(Br)c(OCc2cccc(F)c2)c([N+](=O)[O-])c1. The summed E-state index contributed by atoms with van der Waals surface area (Å²) in [5, 5.41) is 16.6. The number of nitrogens with zero attached hydrogens (tertiary/aromatic N) is 4. The number of rotatable bonds is 8. The van der Waals surface area contributed by atoms with Crippen molar-refractivity contribution in [1.82, 2.24) is 9.66 Å². The Morgan fingerprint density at radius 2 is 2.00 bits per heavy atom. The first-order valence-electron chi connectivity index (χ1n) is 11.3. The largest absolute Gasteiger partial charge is 0.481 e. The van der Waals surface area contributed by atoms with E-state index < -0.39 is 10.7 Å². The van der Waals surface area contributed by atoms with E-state index in [2.05, 4.69) is 41.9 Å². The third-order valence-corrected chi connectivity index (χ3v) is 6.81. The van der Waals surface area contributed by atoms with Crippen LogP contribution in [0.25, 0.3) is 10.9 Å².